The Hall–Kier alpha value is -2.80. The van der Waals surface area contributed by atoms with Gasteiger partial charge < -0.3 is 9.47 Å². The molecule has 0 N–H and O–H groups in total. The number of rotatable bonds is 3. The van der Waals surface area contributed by atoms with Crippen molar-refractivity contribution in [3.63, 3.8) is 0 Å². The molecule has 0 saturated heterocycles. The van der Waals surface area contributed by atoms with Gasteiger partial charge in [0.05, 0.1) is 13.3 Å². The van der Waals surface area contributed by atoms with Crippen molar-refractivity contribution in [2.75, 3.05) is 7.11 Å². The number of carbonyl (C=O) groups excluding carboxylic acids is 1. The summed E-state index contributed by atoms with van der Waals surface area (Å²) in [6, 6.07) is 11.5. The maximum atomic E-state index is 10.9. The van der Waals surface area contributed by atoms with Gasteiger partial charge in [-0.3, -0.25) is 4.98 Å². The second-order valence-electron chi connectivity index (χ2n) is 3.93. The highest BCUT2D eigenvalue weighted by atomic mass is 16.5. The lowest BCUT2D eigenvalue weighted by Crippen LogP contribution is -1.96. The molecule has 1 aromatic heterocycles. The maximum Gasteiger partial charge on any atom is 0.384 e. The van der Waals surface area contributed by atoms with Crippen molar-refractivity contribution in [1.82, 2.24) is 4.98 Å². The smallest absolute Gasteiger partial charge is 0.384 e. The molecule has 0 aliphatic heterocycles. The molecule has 1 heterocycles. The molecule has 0 amide bonds. The lowest BCUT2D eigenvalue weighted by Gasteiger charge is -2.05. The second kappa shape index (κ2) is 6.95. The van der Waals surface area contributed by atoms with E-state index in [2.05, 4.69) is 21.6 Å². The number of methoxy groups -OCH3 is 1. The number of esters is 1. The van der Waals surface area contributed by atoms with Crippen LogP contribution in [0.15, 0.2) is 48.8 Å². The third-order valence-corrected chi connectivity index (χ3v) is 2.46. The summed E-state index contributed by atoms with van der Waals surface area (Å²) in [5.74, 6) is 5.03. The molecule has 2 rings (SSSR count). The normalized spacial score (nSPS) is 9.25. The first-order chi connectivity index (χ1) is 9.78. The molecule has 4 heteroatoms. The Morgan fingerprint density at radius 2 is 2.05 bits per heavy atom. The fourth-order valence-corrected chi connectivity index (χ4v) is 1.48. The summed E-state index contributed by atoms with van der Waals surface area (Å²) in [7, 11) is 1.29. The van der Waals surface area contributed by atoms with Gasteiger partial charge in [-0.15, -0.1) is 0 Å². The zero-order chi connectivity index (χ0) is 14.2. The van der Waals surface area contributed by atoms with Gasteiger partial charge in [0.1, 0.15) is 12.4 Å². The van der Waals surface area contributed by atoms with Gasteiger partial charge >= 0.3 is 5.97 Å². The van der Waals surface area contributed by atoms with E-state index in [0.717, 1.165) is 5.56 Å². The topological polar surface area (TPSA) is 48.4 Å². The van der Waals surface area contributed by atoms with Crippen LogP contribution in [-0.2, 0) is 16.1 Å². The predicted molar refractivity (Wildman–Crippen MR) is 73.9 cm³/mol. The number of aromatic nitrogens is 1. The monoisotopic (exact) mass is 267 g/mol. The fourth-order valence-electron chi connectivity index (χ4n) is 1.48. The van der Waals surface area contributed by atoms with E-state index in [-0.39, 0.29) is 0 Å². The molecule has 0 radical (unpaired) electrons. The van der Waals surface area contributed by atoms with Gasteiger partial charge in [0, 0.05) is 17.7 Å². The minimum atomic E-state index is -0.583. The van der Waals surface area contributed by atoms with E-state index < -0.39 is 5.97 Å². The molecule has 0 atom stereocenters. The number of carbonyl (C=O) groups is 1. The van der Waals surface area contributed by atoms with Crippen molar-refractivity contribution in [2.45, 2.75) is 6.61 Å². The quantitative estimate of drug-likeness (QED) is 0.632. The van der Waals surface area contributed by atoms with E-state index in [1.54, 1.807) is 18.5 Å². The number of hydrogen-bond donors (Lipinski definition) is 0. The van der Waals surface area contributed by atoms with Gasteiger partial charge in [0.15, 0.2) is 0 Å². The Morgan fingerprint density at radius 3 is 2.80 bits per heavy atom. The third-order valence-electron chi connectivity index (χ3n) is 2.46. The lowest BCUT2D eigenvalue weighted by molar-refractivity contribution is -0.133. The minimum absolute atomic E-state index is 0.455. The molecule has 0 saturated carbocycles. The van der Waals surface area contributed by atoms with Crippen molar-refractivity contribution < 1.29 is 14.3 Å². The van der Waals surface area contributed by atoms with Crippen molar-refractivity contribution in [3.8, 4) is 17.6 Å². The summed E-state index contributed by atoms with van der Waals surface area (Å²) in [5, 5.41) is 0. The molecule has 2 aromatic rings. The van der Waals surface area contributed by atoms with Crippen molar-refractivity contribution in [3.05, 3.63) is 59.9 Å². The first kappa shape index (κ1) is 13.6. The predicted octanol–water partition coefficient (Wildman–Crippen LogP) is 2.19. The first-order valence-corrected chi connectivity index (χ1v) is 5.99. The van der Waals surface area contributed by atoms with Crippen LogP contribution in [0.5, 0.6) is 5.75 Å². The van der Waals surface area contributed by atoms with Gasteiger partial charge in [-0.25, -0.2) is 4.79 Å². The number of benzene rings is 1. The van der Waals surface area contributed by atoms with E-state index in [1.165, 1.54) is 7.11 Å². The molecule has 0 aliphatic carbocycles. The van der Waals surface area contributed by atoms with Crippen LogP contribution < -0.4 is 4.74 Å². The first-order valence-electron chi connectivity index (χ1n) is 5.99. The Morgan fingerprint density at radius 1 is 1.25 bits per heavy atom. The summed E-state index contributed by atoms with van der Waals surface area (Å²) in [6.45, 7) is 0.455. The van der Waals surface area contributed by atoms with Crippen molar-refractivity contribution in [2.24, 2.45) is 0 Å². The minimum Gasteiger partial charge on any atom is -0.487 e. The van der Waals surface area contributed by atoms with E-state index in [4.69, 9.17) is 4.74 Å². The summed E-state index contributed by atoms with van der Waals surface area (Å²) >= 11 is 0. The largest absolute Gasteiger partial charge is 0.487 e. The zero-order valence-corrected chi connectivity index (χ0v) is 11.0. The van der Waals surface area contributed by atoms with E-state index in [1.807, 2.05) is 30.3 Å². The van der Waals surface area contributed by atoms with Gasteiger partial charge in [-0.05, 0) is 11.6 Å². The SMILES string of the molecule is COC(=O)C#Cc1cncc(OCc2ccccc2)c1. The molecule has 0 unspecified atom stereocenters. The molecule has 4 nitrogen and oxygen atoms in total. The van der Waals surface area contributed by atoms with Crippen molar-refractivity contribution in [1.29, 1.82) is 0 Å². The Kier molecular flexibility index (Phi) is 4.74. The third kappa shape index (κ3) is 4.14. The standard InChI is InChI=1S/C16H13NO3/c1-19-16(18)8-7-14-9-15(11-17-10-14)20-12-13-5-3-2-4-6-13/h2-6,9-11H,12H2,1H3. The highest BCUT2D eigenvalue weighted by molar-refractivity contribution is 5.88. The average Bonchev–Trinajstić information content (AvgIpc) is 2.52. The number of pyridine rings is 1. The number of ether oxygens (including phenoxy) is 2. The van der Waals surface area contributed by atoms with E-state index in [0.29, 0.717) is 17.9 Å². The summed E-state index contributed by atoms with van der Waals surface area (Å²) in [5.41, 5.74) is 1.67. The fraction of sp³-hybridized carbons (Fsp3) is 0.125. The van der Waals surface area contributed by atoms with Gasteiger partial charge in [-0.2, -0.15) is 0 Å². The highest BCUT2D eigenvalue weighted by Gasteiger charge is 1.98. The van der Waals surface area contributed by atoms with Crippen LogP contribution in [0.2, 0.25) is 0 Å². The van der Waals surface area contributed by atoms with Crippen LogP contribution in [0.1, 0.15) is 11.1 Å². The van der Waals surface area contributed by atoms with Gasteiger partial charge in [0.25, 0.3) is 0 Å². The average molecular weight is 267 g/mol. The van der Waals surface area contributed by atoms with Crippen LogP contribution >= 0.6 is 0 Å². The van der Waals surface area contributed by atoms with E-state index in [9.17, 15) is 4.79 Å². The molecular formula is C16H13NO3. The summed E-state index contributed by atoms with van der Waals surface area (Å²) in [6.07, 6.45) is 3.16. The summed E-state index contributed by atoms with van der Waals surface area (Å²) in [4.78, 5) is 15.0. The molecule has 0 bridgehead atoms. The Labute approximate surface area is 117 Å². The van der Waals surface area contributed by atoms with E-state index >= 15 is 0 Å². The van der Waals surface area contributed by atoms with Crippen LogP contribution in [0.25, 0.3) is 0 Å². The Bertz CT molecular complexity index is 642. The zero-order valence-electron chi connectivity index (χ0n) is 11.0. The summed E-state index contributed by atoms with van der Waals surface area (Å²) < 4.78 is 10.1. The molecule has 20 heavy (non-hydrogen) atoms. The molecule has 0 aliphatic rings. The molecule has 1 aromatic carbocycles. The van der Waals surface area contributed by atoms with Crippen LogP contribution in [0.4, 0.5) is 0 Å². The maximum absolute atomic E-state index is 10.9. The second-order valence-corrected chi connectivity index (χ2v) is 3.93. The molecule has 100 valence electrons. The number of hydrogen-bond acceptors (Lipinski definition) is 4. The lowest BCUT2D eigenvalue weighted by atomic mass is 10.2. The molecule has 0 fully saturated rings. The number of nitrogens with zero attached hydrogens (tertiary/aromatic N) is 1. The van der Waals surface area contributed by atoms with Gasteiger partial charge in [-0.1, -0.05) is 36.3 Å². The van der Waals surface area contributed by atoms with Crippen molar-refractivity contribution >= 4 is 5.97 Å². The molecule has 0 spiro atoms. The van der Waals surface area contributed by atoms with Gasteiger partial charge in [0.2, 0.25) is 0 Å². The van der Waals surface area contributed by atoms with Crippen LogP contribution in [0.3, 0.4) is 0 Å². The molecular weight excluding hydrogens is 254 g/mol. The van der Waals surface area contributed by atoms with Crippen LogP contribution in [0, 0.1) is 11.8 Å². The van der Waals surface area contributed by atoms with Crippen LogP contribution in [-0.4, -0.2) is 18.1 Å². The highest BCUT2D eigenvalue weighted by Crippen LogP contribution is 2.12. The Balaban J connectivity index is 2.02.